The molecule has 0 spiro atoms. The summed E-state index contributed by atoms with van der Waals surface area (Å²) in [5.74, 6) is -3.44. The van der Waals surface area contributed by atoms with Crippen molar-refractivity contribution in [2.75, 3.05) is 7.11 Å². The van der Waals surface area contributed by atoms with Gasteiger partial charge in [0, 0.05) is 6.20 Å². The SMILES string of the molecule is COC(=O)C(C(=O)c1ccnc(Cl)n1)c1cccc(C(F)(F)F)c1. The van der Waals surface area contributed by atoms with Crippen LogP contribution in [0.15, 0.2) is 36.5 Å². The molecule has 1 aromatic heterocycles. The van der Waals surface area contributed by atoms with Gasteiger partial charge in [-0.15, -0.1) is 0 Å². The van der Waals surface area contributed by atoms with Crippen molar-refractivity contribution in [3.63, 3.8) is 0 Å². The Morgan fingerprint density at radius 2 is 1.96 bits per heavy atom. The van der Waals surface area contributed by atoms with Crippen molar-refractivity contribution in [3.05, 3.63) is 58.6 Å². The number of alkyl halides is 3. The predicted molar refractivity (Wildman–Crippen MR) is 77.6 cm³/mol. The van der Waals surface area contributed by atoms with E-state index in [0.717, 1.165) is 25.3 Å². The van der Waals surface area contributed by atoms with Gasteiger partial charge in [0.1, 0.15) is 11.6 Å². The first-order valence-corrected chi connectivity index (χ1v) is 6.89. The van der Waals surface area contributed by atoms with E-state index in [0.29, 0.717) is 0 Å². The number of halogens is 4. The first-order chi connectivity index (χ1) is 11.2. The van der Waals surface area contributed by atoms with Crippen LogP contribution in [0.4, 0.5) is 13.2 Å². The van der Waals surface area contributed by atoms with E-state index in [1.807, 2.05) is 0 Å². The van der Waals surface area contributed by atoms with Gasteiger partial charge in [0.2, 0.25) is 5.28 Å². The van der Waals surface area contributed by atoms with Crippen molar-refractivity contribution in [2.45, 2.75) is 12.1 Å². The molecule has 0 saturated heterocycles. The molecule has 0 amide bonds. The summed E-state index contributed by atoms with van der Waals surface area (Å²) in [6.45, 7) is 0. The third kappa shape index (κ3) is 3.88. The van der Waals surface area contributed by atoms with Crippen LogP contribution < -0.4 is 0 Å². The number of carbonyl (C=O) groups is 2. The van der Waals surface area contributed by atoms with E-state index in [-0.39, 0.29) is 16.5 Å². The van der Waals surface area contributed by atoms with Crippen LogP contribution in [-0.4, -0.2) is 28.8 Å². The van der Waals surface area contributed by atoms with Crippen LogP contribution in [0.2, 0.25) is 5.28 Å². The highest BCUT2D eigenvalue weighted by Gasteiger charge is 2.35. The molecule has 1 unspecified atom stereocenters. The summed E-state index contributed by atoms with van der Waals surface area (Å²) in [6.07, 6.45) is -3.42. The number of carbonyl (C=O) groups excluding carboxylic acids is 2. The zero-order valence-electron chi connectivity index (χ0n) is 12.2. The van der Waals surface area contributed by atoms with Crippen molar-refractivity contribution in [1.29, 1.82) is 0 Å². The Morgan fingerprint density at radius 3 is 2.54 bits per heavy atom. The second-order valence-corrected chi connectivity index (χ2v) is 4.99. The first kappa shape index (κ1) is 17.9. The number of hydrogen-bond acceptors (Lipinski definition) is 5. The number of aromatic nitrogens is 2. The van der Waals surface area contributed by atoms with Crippen molar-refractivity contribution < 1.29 is 27.5 Å². The molecule has 126 valence electrons. The van der Waals surface area contributed by atoms with E-state index in [1.165, 1.54) is 18.3 Å². The number of ether oxygens (including phenoxy) is 1. The third-order valence-electron chi connectivity index (χ3n) is 3.12. The Bertz CT molecular complexity index is 781. The van der Waals surface area contributed by atoms with E-state index in [2.05, 4.69) is 14.7 Å². The van der Waals surface area contributed by atoms with Crippen LogP contribution in [0.3, 0.4) is 0 Å². The highest BCUT2D eigenvalue weighted by atomic mass is 35.5. The van der Waals surface area contributed by atoms with Crippen LogP contribution in [-0.2, 0) is 15.7 Å². The Kier molecular flexibility index (Phi) is 5.18. The molecule has 0 fully saturated rings. The van der Waals surface area contributed by atoms with Gasteiger partial charge in [-0.1, -0.05) is 18.2 Å². The maximum atomic E-state index is 12.9. The molecular weight excluding hydrogens is 349 g/mol. The molecule has 24 heavy (non-hydrogen) atoms. The molecule has 2 aromatic rings. The number of nitrogens with zero attached hydrogens (tertiary/aromatic N) is 2. The normalized spacial score (nSPS) is 12.5. The molecule has 0 radical (unpaired) electrons. The maximum Gasteiger partial charge on any atom is 0.416 e. The molecule has 0 bridgehead atoms. The lowest BCUT2D eigenvalue weighted by molar-refractivity contribution is -0.141. The van der Waals surface area contributed by atoms with E-state index < -0.39 is 29.4 Å². The molecule has 0 aliphatic rings. The van der Waals surface area contributed by atoms with E-state index in [9.17, 15) is 22.8 Å². The average Bonchev–Trinajstić information content (AvgIpc) is 2.54. The summed E-state index contributed by atoms with van der Waals surface area (Å²) in [7, 11) is 1.03. The lowest BCUT2D eigenvalue weighted by Gasteiger charge is -2.15. The summed E-state index contributed by atoms with van der Waals surface area (Å²) in [6, 6.07) is 5.11. The third-order valence-corrected chi connectivity index (χ3v) is 3.31. The maximum absolute atomic E-state index is 12.9. The highest BCUT2D eigenvalue weighted by Crippen LogP contribution is 2.32. The Morgan fingerprint density at radius 1 is 1.25 bits per heavy atom. The second-order valence-electron chi connectivity index (χ2n) is 4.65. The quantitative estimate of drug-likeness (QED) is 0.363. The summed E-state index contributed by atoms with van der Waals surface area (Å²) < 4.78 is 43.1. The van der Waals surface area contributed by atoms with Crippen LogP contribution in [0.1, 0.15) is 27.5 Å². The minimum absolute atomic E-state index is 0.156. The molecule has 0 aliphatic heterocycles. The Balaban J connectivity index is 2.50. The van der Waals surface area contributed by atoms with Gasteiger partial charge >= 0.3 is 12.1 Å². The predicted octanol–water partition coefficient (Wildman–Crippen LogP) is 3.29. The summed E-state index contributed by atoms with van der Waals surface area (Å²) >= 11 is 5.60. The van der Waals surface area contributed by atoms with Gasteiger partial charge in [-0.25, -0.2) is 9.97 Å². The number of methoxy groups -OCH3 is 1. The second kappa shape index (κ2) is 6.96. The smallest absolute Gasteiger partial charge is 0.416 e. The number of Topliss-reactive ketones (excluding diaryl/α,β-unsaturated/α-hetero) is 1. The van der Waals surface area contributed by atoms with Gasteiger partial charge in [0.25, 0.3) is 0 Å². The minimum atomic E-state index is -4.61. The standard InChI is InChI=1S/C15H10ClF3N2O3/c1-24-13(23)11(12(22)10-5-6-20-14(16)21-10)8-3-2-4-9(7-8)15(17,18)19/h2-7,11H,1H3. The highest BCUT2D eigenvalue weighted by molar-refractivity contribution is 6.28. The first-order valence-electron chi connectivity index (χ1n) is 6.51. The summed E-state index contributed by atoms with van der Waals surface area (Å²) in [5.41, 5.74) is -1.35. The number of benzene rings is 1. The lowest BCUT2D eigenvalue weighted by Crippen LogP contribution is -2.25. The monoisotopic (exact) mass is 358 g/mol. The average molecular weight is 359 g/mol. The fourth-order valence-electron chi connectivity index (χ4n) is 2.03. The molecule has 5 nitrogen and oxygen atoms in total. The van der Waals surface area contributed by atoms with Gasteiger partial charge in [-0.2, -0.15) is 13.2 Å². The van der Waals surface area contributed by atoms with Gasteiger partial charge in [-0.3, -0.25) is 9.59 Å². The molecular formula is C15H10ClF3N2O3. The molecule has 1 aromatic carbocycles. The van der Waals surface area contributed by atoms with Gasteiger partial charge in [-0.05, 0) is 29.3 Å². The number of esters is 1. The Hall–Kier alpha value is -2.48. The number of rotatable bonds is 4. The molecule has 9 heteroatoms. The van der Waals surface area contributed by atoms with E-state index >= 15 is 0 Å². The zero-order chi connectivity index (χ0) is 17.9. The van der Waals surface area contributed by atoms with Gasteiger partial charge in [0.15, 0.2) is 5.78 Å². The molecule has 0 saturated carbocycles. The van der Waals surface area contributed by atoms with Crippen molar-refractivity contribution in [2.24, 2.45) is 0 Å². The van der Waals surface area contributed by atoms with Crippen LogP contribution in [0, 0.1) is 0 Å². The van der Waals surface area contributed by atoms with E-state index in [4.69, 9.17) is 11.6 Å². The fourth-order valence-corrected chi connectivity index (χ4v) is 2.17. The molecule has 1 atom stereocenters. The molecule has 0 N–H and O–H groups in total. The van der Waals surface area contributed by atoms with Gasteiger partial charge < -0.3 is 4.74 Å². The van der Waals surface area contributed by atoms with Gasteiger partial charge in [0.05, 0.1) is 12.7 Å². The number of ketones is 1. The summed E-state index contributed by atoms with van der Waals surface area (Å²) in [5, 5.41) is -0.228. The zero-order valence-corrected chi connectivity index (χ0v) is 12.9. The lowest BCUT2D eigenvalue weighted by atomic mass is 9.91. The molecule has 2 rings (SSSR count). The Labute approximate surface area is 139 Å². The summed E-state index contributed by atoms with van der Waals surface area (Å²) in [4.78, 5) is 31.8. The van der Waals surface area contributed by atoms with Crippen molar-refractivity contribution in [1.82, 2.24) is 9.97 Å². The number of hydrogen-bond donors (Lipinski definition) is 0. The minimum Gasteiger partial charge on any atom is -0.468 e. The van der Waals surface area contributed by atoms with Crippen LogP contribution in [0.25, 0.3) is 0 Å². The fraction of sp³-hybridized carbons (Fsp3) is 0.200. The van der Waals surface area contributed by atoms with Crippen molar-refractivity contribution >= 4 is 23.4 Å². The topological polar surface area (TPSA) is 69.2 Å². The molecule has 0 aliphatic carbocycles. The van der Waals surface area contributed by atoms with E-state index in [1.54, 1.807) is 0 Å². The van der Waals surface area contributed by atoms with Crippen molar-refractivity contribution in [3.8, 4) is 0 Å². The van der Waals surface area contributed by atoms with Crippen LogP contribution >= 0.6 is 11.6 Å². The largest absolute Gasteiger partial charge is 0.468 e. The molecule has 1 heterocycles. The van der Waals surface area contributed by atoms with Crippen LogP contribution in [0.5, 0.6) is 0 Å².